The minimum Gasteiger partial charge on any atom is -0.388 e. The van der Waals surface area contributed by atoms with E-state index in [2.05, 4.69) is 0 Å². The summed E-state index contributed by atoms with van der Waals surface area (Å²) in [6.07, 6.45) is 2.23. The summed E-state index contributed by atoms with van der Waals surface area (Å²) in [6.45, 7) is 3.78. The molecule has 0 amide bonds. The molecule has 0 aromatic rings. The predicted octanol–water partition coefficient (Wildman–Crippen LogP) is -0.0372. The van der Waals surface area contributed by atoms with Crippen molar-refractivity contribution in [1.29, 1.82) is 0 Å². The smallest absolute Gasteiger partial charge is 0.186 e. The van der Waals surface area contributed by atoms with Crippen LogP contribution in [-0.2, 0) is 9.47 Å². The van der Waals surface area contributed by atoms with E-state index in [9.17, 15) is 15.3 Å². The third-order valence-electron chi connectivity index (χ3n) is 2.60. The Morgan fingerprint density at radius 3 is 2.47 bits per heavy atom. The number of hydrogen-bond donors (Lipinski definition) is 3. The molecule has 17 heavy (non-hydrogen) atoms. The lowest BCUT2D eigenvalue weighted by atomic mass is 10.0. The van der Waals surface area contributed by atoms with E-state index < -0.39 is 30.7 Å². The molecule has 5 atom stereocenters. The quantitative estimate of drug-likeness (QED) is 0.605. The summed E-state index contributed by atoms with van der Waals surface area (Å²) in [4.78, 5) is 0. The van der Waals surface area contributed by atoms with Crippen LogP contribution in [0.1, 0.15) is 13.8 Å². The van der Waals surface area contributed by atoms with Gasteiger partial charge in [0.15, 0.2) is 6.29 Å². The van der Waals surface area contributed by atoms with Gasteiger partial charge in [0.05, 0.1) is 12.7 Å². The second-order valence-electron chi connectivity index (χ2n) is 3.97. The van der Waals surface area contributed by atoms with Gasteiger partial charge in [0.2, 0.25) is 0 Å². The van der Waals surface area contributed by atoms with Crippen molar-refractivity contribution in [3.63, 3.8) is 0 Å². The molecule has 3 N–H and O–H groups in total. The average Bonchev–Trinajstić information content (AvgIpc) is 2.32. The van der Waals surface area contributed by atoms with E-state index in [0.717, 1.165) is 0 Å². The molecular formula is C12H20O5. The Hall–Kier alpha value is -0.720. The molecule has 1 heterocycles. The summed E-state index contributed by atoms with van der Waals surface area (Å²) in [5, 5.41) is 28.6. The van der Waals surface area contributed by atoms with E-state index in [1.165, 1.54) is 0 Å². The van der Waals surface area contributed by atoms with Crippen LogP contribution in [0.3, 0.4) is 0 Å². The van der Waals surface area contributed by atoms with E-state index in [0.29, 0.717) is 0 Å². The molecule has 0 spiro atoms. The van der Waals surface area contributed by atoms with Crippen LogP contribution < -0.4 is 0 Å². The Labute approximate surface area is 101 Å². The SMILES string of the molecule is C/C=C/C=C/CO[C@@H]1OC(C)[C@H](O)[C@@H](O)C1O. The number of allylic oxidation sites excluding steroid dienone is 3. The van der Waals surface area contributed by atoms with Crippen LogP contribution >= 0.6 is 0 Å². The maximum atomic E-state index is 9.63. The van der Waals surface area contributed by atoms with Gasteiger partial charge in [-0.1, -0.05) is 24.3 Å². The summed E-state index contributed by atoms with van der Waals surface area (Å²) >= 11 is 0. The van der Waals surface area contributed by atoms with Gasteiger partial charge in [0, 0.05) is 0 Å². The van der Waals surface area contributed by atoms with Gasteiger partial charge >= 0.3 is 0 Å². The first kappa shape index (κ1) is 14.3. The Bertz CT molecular complexity index is 276. The molecule has 0 radical (unpaired) electrons. The van der Waals surface area contributed by atoms with Crippen LogP contribution in [-0.4, -0.2) is 52.6 Å². The highest BCUT2D eigenvalue weighted by atomic mass is 16.7. The number of aliphatic hydroxyl groups is 3. The lowest BCUT2D eigenvalue weighted by Crippen LogP contribution is -2.57. The van der Waals surface area contributed by atoms with Gasteiger partial charge in [0.25, 0.3) is 0 Å². The largest absolute Gasteiger partial charge is 0.388 e. The van der Waals surface area contributed by atoms with Crippen molar-refractivity contribution in [1.82, 2.24) is 0 Å². The standard InChI is InChI=1S/C12H20O5/c1-3-4-5-6-7-16-12-11(15)10(14)9(13)8(2)17-12/h3-6,8-15H,7H2,1-2H3/b4-3+,6-5+/t8?,9-,10+,11?,12+/m0/s1. The Morgan fingerprint density at radius 2 is 1.82 bits per heavy atom. The molecule has 98 valence electrons. The third-order valence-corrected chi connectivity index (χ3v) is 2.60. The summed E-state index contributed by atoms with van der Waals surface area (Å²) in [7, 11) is 0. The summed E-state index contributed by atoms with van der Waals surface area (Å²) in [5.74, 6) is 0. The lowest BCUT2D eigenvalue weighted by molar-refractivity contribution is -0.290. The van der Waals surface area contributed by atoms with E-state index in [4.69, 9.17) is 9.47 Å². The van der Waals surface area contributed by atoms with Crippen molar-refractivity contribution in [2.24, 2.45) is 0 Å². The molecule has 1 aliphatic heterocycles. The first-order valence-corrected chi connectivity index (χ1v) is 5.67. The Balaban J connectivity index is 2.42. The number of ether oxygens (including phenoxy) is 2. The molecular weight excluding hydrogens is 224 g/mol. The topological polar surface area (TPSA) is 79.2 Å². The van der Waals surface area contributed by atoms with Gasteiger partial charge in [-0.15, -0.1) is 0 Å². The highest BCUT2D eigenvalue weighted by molar-refractivity contribution is 5.01. The normalized spacial score (nSPS) is 39.2. The Kier molecular flexibility index (Phi) is 5.80. The van der Waals surface area contributed by atoms with Crippen molar-refractivity contribution in [3.05, 3.63) is 24.3 Å². The van der Waals surface area contributed by atoms with Crippen LogP contribution in [0.15, 0.2) is 24.3 Å². The van der Waals surface area contributed by atoms with E-state index in [1.54, 1.807) is 13.0 Å². The second-order valence-corrected chi connectivity index (χ2v) is 3.97. The molecule has 5 nitrogen and oxygen atoms in total. The number of hydrogen-bond acceptors (Lipinski definition) is 5. The summed E-state index contributed by atoms with van der Waals surface area (Å²) in [5.41, 5.74) is 0. The fraction of sp³-hybridized carbons (Fsp3) is 0.667. The molecule has 2 unspecified atom stereocenters. The van der Waals surface area contributed by atoms with Crippen LogP contribution in [0, 0.1) is 0 Å². The van der Waals surface area contributed by atoms with Gasteiger partial charge < -0.3 is 24.8 Å². The highest BCUT2D eigenvalue weighted by Gasteiger charge is 2.42. The maximum absolute atomic E-state index is 9.63. The van der Waals surface area contributed by atoms with Crippen molar-refractivity contribution in [2.75, 3.05) is 6.61 Å². The van der Waals surface area contributed by atoms with E-state index in [1.807, 2.05) is 25.2 Å². The zero-order chi connectivity index (χ0) is 12.8. The van der Waals surface area contributed by atoms with Crippen LogP contribution in [0.4, 0.5) is 0 Å². The van der Waals surface area contributed by atoms with E-state index >= 15 is 0 Å². The molecule has 0 aliphatic carbocycles. The molecule has 0 saturated carbocycles. The highest BCUT2D eigenvalue weighted by Crippen LogP contribution is 2.21. The van der Waals surface area contributed by atoms with Crippen molar-refractivity contribution in [2.45, 2.75) is 44.6 Å². The first-order chi connectivity index (χ1) is 8.07. The van der Waals surface area contributed by atoms with Crippen LogP contribution in [0.2, 0.25) is 0 Å². The van der Waals surface area contributed by atoms with Gasteiger partial charge in [-0.2, -0.15) is 0 Å². The lowest BCUT2D eigenvalue weighted by Gasteiger charge is -2.38. The molecule has 5 heteroatoms. The monoisotopic (exact) mass is 244 g/mol. The van der Waals surface area contributed by atoms with Crippen LogP contribution in [0.25, 0.3) is 0 Å². The summed E-state index contributed by atoms with van der Waals surface area (Å²) < 4.78 is 10.5. The van der Waals surface area contributed by atoms with Crippen molar-refractivity contribution in [3.8, 4) is 0 Å². The first-order valence-electron chi connectivity index (χ1n) is 5.67. The van der Waals surface area contributed by atoms with Crippen LogP contribution in [0.5, 0.6) is 0 Å². The second kappa shape index (κ2) is 6.88. The number of rotatable bonds is 4. The maximum Gasteiger partial charge on any atom is 0.186 e. The van der Waals surface area contributed by atoms with Crippen molar-refractivity contribution >= 4 is 0 Å². The average molecular weight is 244 g/mol. The van der Waals surface area contributed by atoms with Gasteiger partial charge in [-0.3, -0.25) is 0 Å². The predicted molar refractivity (Wildman–Crippen MR) is 62.3 cm³/mol. The minimum absolute atomic E-state index is 0.265. The van der Waals surface area contributed by atoms with Crippen molar-refractivity contribution < 1.29 is 24.8 Å². The fourth-order valence-corrected chi connectivity index (χ4v) is 1.55. The molecule has 0 aromatic heterocycles. The summed E-state index contributed by atoms with van der Waals surface area (Å²) in [6, 6.07) is 0. The number of aliphatic hydroxyl groups excluding tert-OH is 3. The molecule has 1 rings (SSSR count). The molecule has 1 saturated heterocycles. The Morgan fingerprint density at radius 1 is 1.12 bits per heavy atom. The molecule has 0 aromatic carbocycles. The zero-order valence-electron chi connectivity index (χ0n) is 10.1. The fourth-order valence-electron chi connectivity index (χ4n) is 1.55. The molecule has 1 aliphatic rings. The van der Waals surface area contributed by atoms with Gasteiger partial charge in [-0.05, 0) is 13.8 Å². The van der Waals surface area contributed by atoms with Gasteiger partial charge in [-0.25, -0.2) is 0 Å². The van der Waals surface area contributed by atoms with E-state index in [-0.39, 0.29) is 6.61 Å². The molecule has 1 fully saturated rings. The zero-order valence-corrected chi connectivity index (χ0v) is 10.1. The minimum atomic E-state index is -1.25. The van der Waals surface area contributed by atoms with Gasteiger partial charge in [0.1, 0.15) is 18.3 Å². The third kappa shape index (κ3) is 3.90. The molecule has 0 bridgehead atoms.